The SMILES string of the molecule is c1ccc2cc(N(c3ccc(-c4ccc5sc6ccccc6c5c4)cc3)c3cccc4c3oc3ccccc34)ccc2c1. The van der Waals surface area contributed by atoms with Crippen molar-refractivity contribution in [3.63, 3.8) is 0 Å². The van der Waals surface area contributed by atoms with Gasteiger partial charge in [0.15, 0.2) is 5.58 Å². The summed E-state index contributed by atoms with van der Waals surface area (Å²) >= 11 is 1.85. The number of fused-ring (bicyclic) bond motifs is 7. The van der Waals surface area contributed by atoms with Crippen LogP contribution < -0.4 is 4.90 Å². The lowest BCUT2D eigenvalue weighted by Crippen LogP contribution is -2.10. The zero-order chi connectivity index (χ0) is 28.3. The van der Waals surface area contributed by atoms with E-state index in [1.165, 1.54) is 42.1 Å². The molecular formula is C40H25NOS. The highest BCUT2D eigenvalue weighted by molar-refractivity contribution is 7.25. The van der Waals surface area contributed by atoms with Crippen molar-refractivity contribution in [2.24, 2.45) is 0 Å². The second-order valence-electron chi connectivity index (χ2n) is 11.0. The summed E-state index contributed by atoms with van der Waals surface area (Å²) in [6.07, 6.45) is 0. The van der Waals surface area contributed by atoms with E-state index in [4.69, 9.17) is 4.42 Å². The van der Waals surface area contributed by atoms with E-state index in [9.17, 15) is 0 Å². The molecule has 0 bridgehead atoms. The van der Waals surface area contributed by atoms with Crippen LogP contribution in [0.4, 0.5) is 17.1 Å². The van der Waals surface area contributed by atoms with E-state index in [1.54, 1.807) is 0 Å². The van der Waals surface area contributed by atoms with Crippen LogP contribution in [-0.4, -0.2) is 0 Å². The molecule has 2 aromatic heterocycles. The fourth-order valence-electron chi connectivity index (χ4n) is 6.36. The van der Waals surface area contributed by atoms with Crippen LogP contribution in [0.1, 0.15) is 0 Å². The minimum absolute atomic E-state index is 0.885. The molecule has 0 saturated carbocycles. The van der Waals surface area contributed by atoms with Gasteiger partial charge < -0.3 is 9.32 Å². The van der Waals surface area contributed by atoms with Crippen LogP contribution >= 0.6 is 11.3 Å². The zero-order valence-electron chi connectivity index (χ0n) is 23.2. The van der Waals surface area contributed by atoms with Crippen LogP contribution in [-0.2, 0) is 0 Å². The maximum absolute atomic E-state index is 6.52. The van der Waals surface area contributed by atoms with E-state index in [1.807, 2.05) is 23.5 Å². The Morgan fingerprint density at radius 3 is 2.05 bits per heavy atom. The summed E-state index contributed by atoms with van der Waals surface area (Å²) in [5, 5.41) is 7.31. The standard InChI is InChI=1S/C40H25NOS/c1-2-9-28-24-31(22-18-26(28)8-1)41(36-13-7-12-34-32-10-3-5-14-37(32)42-40(34)36)30-20-16-27(17-21-30)29-19-23-39-35(25-29)33-11-4-6-15-38(33)43-39/h1-25H. The number of furan rings is 1. The van der Waals surface area contributed by atoms with Gasteiger partial charge in [0.1, 0.15) is 5.58 Å². The molecule has 0 atom stereocenters. The molecule has 9 aromatic rings. The summed E-state index contributed by atoms with van der Waals surface area (Å²) in [6, 6.07) is 54.3. The lowest BCUT2D eigenvalue weighted by molar-refractivity contribution is 0.669. The molecule has 0 aliphatic heterocycles. The Labute approximate surface area is 252 Å². The molecule has 0 radical (unpaired) electrons. The molecule has 3 heteroatoms. The molecular weight excluding hydrogens is 543 g/mol. The molecule has 0 fully saturated rings. The van der Waals surface area contributed by atoms with E-state index >= 15 is 0 Å². The van der Waals surface area contributed by atoms with Crippen molar-refractivity contribution in [3.05, 3.63) is 152 Å². The topological polar surface area (TPSA) is 16.4 Å². The molecule has 202 valence electrons. The molecule has 0 amide bonds. The lowest BCUT2D eigenvalue weighted by atomic mass is 10.0. The Morgan fingerprint density at radius 2 is 1.14 bits per heavy atom. The van der Waals surface area contributed by atoms with E-state index < -0.39 is 0 Å². The van der Waals surface area contributed by atoms with Gasteiger partial charge in [-0.2, -0.15) is 0 Å². The third-order valence-electron chi connectivity index (χ3n) is 8.45. The maximum atomic E-state index is 6.52. The van der Waals surface area contributed by atoms with Gasteiger partial charge in [-0.3, -0.25) is 0 Å². The first-order valence-electron chi connectivity index (χ1n) is 14.5. The summed E-state index contributed by atoms with van der Waals surface area (Å²) < 4.78 is 9.17. The first kappa shape index (κ1) is 24.2. The second kappa shape index (κ2) is 9.59. The molecule has 2 nitrogen and oxygen atoms in total. The summed E-state index contributed by atoms with van der Waals surface area (Å²) in [4.78, 5) is 2.32. The Balaban J connectivity index is 1.21. The normalized spacial score (nSPS) is 11.7. The Kier molecular flexibility index (Phi) is 5.40. The number of para-hydroxylation sites is 2. The van der Waals surface area contributed by atoms with Crippen LogP contribution in [0.2, 0.25) is 0 Å². The van der Waals surface area contributed by atoms with Crippen molar-refractivity contribution in [1.82, 2.24) is 0 Å². The number of rotatable bonds is 4. The van der Waals surface area contributed by atoms with Gasteiger partial charge in [-0.15, -0.1) is 11.3 Å². The van der Waals surface area contributed by atoms with Gasteiger partial charge in [0, 0.05) is 42.3 Å². The minimum atomic E-state index is 0.885. The van der Waals surface area contributed by atoms with Crippen LogP contribution in [0.5, 0.6) is 0 Å². The van der Waals surface area contributed by atoms with Gasteiger partial charge in [-0.25, -0.2) is 0 Å². The van der Waals surface area contributed by atoms with Gasteiger partial charge >= 0.3 is 0 Å². The Hall–Kier alpha value is -5.38. The lowest BCUT2D eigenvalue weighted by Gasteiger charge is -2.26. The van der Waals surface area contributed by atoms with Crippen molar-refractivity contribution in [3.8, 4) is 11.1 Å². The number of hydrogen-bond acceptors (Lipinski definition) is 3. The third-order valence-corrected chi connectivity index (χ3v) is 9.60. The van der Waals surface area contributed by atoms with Crippen molar-refractivity contribution >= 4 is 81.3 Å². The van der Waals surface area contributed by atoms with Gasteiger partial charge in [0.25, 0.3) is 0 Å². The highest BCUT2D eigenvalue weighted by atomic mass is 32.1. The molecule has 43 heavy (non-hydrogen) atoms. The minimum Gasteiger partial charge on any atom is -0.454 e. The van der Waals surface area contributed by atoms with E-state index in [2.05, 4.69) is 144 Å². The quantitative estimate of drug-likeness (QED) is 0.210. The average molecular weight is 568 g/mol. The Bertz CT molecular complexity index is 2470. The average Bonchev–Trinajstić information content (AvgIpc) is 3.64. The number of anilines is 3. The first-order valence-corrected chi connectivity index (χ1v) is 15.3. The van der Waals surface area contributed by atoms with Gasteiger partial charge in [0.05, 0.1) is 5.69 Å². The molecule has 0 aliphatic carbocycles. The number of thiophene rings is 1. The summed E-state index contributed by atoms with van der Waals surface area (Å²) in [7, 11) is 0. The van der Waals surface area contributed by atoms with Gasteiger partial charge in [-0.05, 0) is 76.5 Å². The molecule has 2 heterocycles. The Morgan fingerprint density at radius 1 is 0.442 bits per heavy atom. The highest BCUT2D eigenvalue weighted by Crippen LogP contribution is 2.43. The van der Waals surface area contributed by atoms with E-state index in [0.717, 1.165) is 39.0 Å². The molecule has 0 spiro atoms. The van der Waals surface area contributed by atoms with Gasteiger partial charge in [-0.1, -0.05) is 97.1 Å². The number of nitrogens with zero attached hydrogens (tertiary/aromatic N) is 1. The van der Waals surface area contributed by atoms with Crippen LogP contribution in [0.25, 0.3) is 64.0 Å². The van der Waals surface area contributed by atoms with Crippen LogP contribution in [0, 0.1) is 0 Å². The predicted molar refractivity (Wildman–Crippen MR) is 184 cm³/mol. The summed E-state index contributed by atoms with van der Waals surface area (Å²) in [5.41, 5.74) is 7.38. The van der Waals surface area contributed by atoms with Gasteiger partial charge in [0.2, 0.25) is 0 Å². The van der Waals surface area contributed by atoms with Crippen molar-refractivity contribution < 1.29 is 4.42 Å². The summed E-state index contributed by atoms with van der Waals surface area (Å²) in [6.45, 7) is 0. The van der Waals surface area contributed by atoms with E-state index in [0.29, 0.717) is 0 Å². The van der Waals surface area contributed by atoms with E-state index in [-0.39, 0.29) is 0 Å². The highest BCUT2D eigenvalue weighted by Gasteiger charge is 2.19. The fourth-order valence-corrected chi connectivity index (χ4v) is 7.45. The zero-order valence-corrected chi connectivity index (χ0v) is 24.0. The largest absolute Gasteiger partial charge is 0.454 e. The monoisotopic (exact) mass is 567 g/mol. The van der Waals surface area contributed by atoms with Crippen LogP contribution in [0.15, 0.2) is 156 Å². The number of hydrogen-bond donors (Lipinski definition) is 0. The molecule has 0 N–H and O–H groups in total. The molecule has 7 aromatic carbocycles. The maximum Gasteiger partial charge on any atom is 0.159 e. The summed E-state index contributed by atoms with van der Waals surface area (Å²) in [5.74, 6) is 0. The smallest absolute Gasteiger partial charge is 0.159 e. The molecule has 0 unspecified atom stereocenters. The molecule has 9 rings (SSSR count). The van der Waals surface area contributed by atoms with Crippen LogP contribution in [0.3, 0.4) is 0 Å². The number of benzene rings is 7. The molecule has 0 aliphatic rings. The van der Waals surface area contributed by atoms with Crippen molar-refractivity contribution in [2.75, 3.05) is 4.90 Å². The van der Waals surface area contributed by atoms with Crippen molar-refractivity contribution in [1.29, 1.82) is 0 Å². The second-order valence-corrected chi connectivity index (χ2v) is 12.1. The third kappa shape index (κ3) is 3.93. The fraction of sp³-hybridized carbons (Fsp3) is 0. The predicted octanol–water partition coefficient (Wildman–Crippen LogP) is 12.2. The van der Waals surface area contributed by atoms with Crippen molar-refractivity contribution in [2.45, 2.75) is 0 Å². The molecule has 0 saturated heterocycles. The first-order chi connectivity index (χ1) is 21.3.